The van der Waals surface area contributed by atoms with E-state index in [9.17, 15) is 9.59 Å². The van der Waals surface area contributed by atoms with E-state index in [1.807, 2.05) is 41.7 Å². The average Bonchev–Trinajstić information content (AvgIpc) is 3.27. The lowest BCUT2D eigenvalue weighted by Gasteiger charge is -2.08. The van der Waals surface area contributed by atoms with Crippen molar-refractivity contribution >= 4 is 33.0 Å². The summed E-state index contributed by atoms with van der Waals surface area (Å²) in [6.07, 6.45) is 3.61. The van der Waals surface area contributed by atoms with Gasteiger partial charge in [0.05, 0.1) is 10.2 Å². The molecule has 0 spiro atoms. The molecule has 0 aliphatic rings. The Morgan fingerprint density at radius 1 is 1.21 bits per heavy atom. The monoisotopic (exact) mass is 408 g/mol. The minimum atomic E-state index is -0.116. The van der Waals surface area contributed by atoms with E-state index in [-0.39, 0.29) is 11.5 Å². The van der Waals surface area contributed by atoms with Crippen LogP contribution in [0.15, 0.2) is 47.5 Å². The molecule has 29 heavy (non-hydrogen) atoms. The van der Waals surface area contributed by atoms with Crippen LogP contribution in [0.1, 0.15) is 35.8 Å². The summed E-state index contributed by atoms with van der Waals surface area (Å²) in [5.74, 6) is -0.0160. The molecule has 4 aromatic rings. The molecule has 3 heterocycles. The van der Waals surface area contributed by atoms with Crippen LogP contribution < -0.4 is 10.9 Å². The highest BCUT2D eigenvalue weighted by atomic mass is 32.1. The number of hydrogen-bond donors (Lipinski definition) is 1. The molecule has 1 aromatic carbocycles. The molecule has 0 aliphatic heterocycles. The highest BCUT2D eigenvalue weighted by Crippen LogP contribution is 2.28. The van der Waals surface area contributed by atoms with Crippen molar-refractivity contribution < 1.29 is 4.79 Å². The summed E-state index contributed by atoms with van der Waals surface area (Å²) in [4.78, 5) is 26.2. The van der Waals surface area contributed by atoms with Gasteiger partial charge in [-0.3, -0.25) is 14.0 Å². The summed E-state index contributed by atoms with van der Waals surface area (Å²) in [5, 5.41) is 7.25. The average molecular weight is 409 g/mol. The Bertz CT molecular complexity index is 1230. The largest absolute Gasteiger partial charge is 0.352 e. The lowest BCUT2D eigenvalue weighted by molar-refractivity contribution is -0.121. The predicted octanol–water partition coefficient (Wildman–Crippen LogP) is 3.68. The van der Waals surface area contributed by atoms with Gasteiger partial charge in [-0.15, -0.1) is 11.3 Å². The van der Waals surface area contributed by atoms with Crippen molar-refractivity contribution in [3.05, 3.63) is 69.1 Å². The number of fused-ring (bicyclic) bond motifs is 3. The van der Waals surface area contributed by atoms with E-state index >= 15 is 0 Å². The van der Waals surface area contributed by atoms with Gasteiger partial charge in [0.25, 0.3) is 5.56 Å². The maximum Gasteiger partial charge on any atom is 0.291 e. The molecule has 0 radical (unpaired) electrons. The fraction of sp³-hybridized carbons (Fsp3) is 0.318. The van der Waals surface area contributed by atoms with Crippen molar-refractivity contribution in [3.63, 3.8) is 0 Å². The fourth-order valence-electron chi connectivity index (χ4n) is 3.46. The normalized spacial score (nSPS) is 11.4. The second kappa shape index (κ2) is 8.21. The Labute approximate surface area is 172 Å². The summed E-state index contributed by atoms with van der Waals surface area (Å²) >= 11 is 1.71. The molecule has 0 unspecified atom stereocenters. The molecule has 7 heteroatoms. The number of benzene rings is 1. The number of aromatic nitrogens is 3. The van der Waals surface area contributed by atoms with Crippen LogP contribution in [0.3, 0.4) is 0 Å². The summed E-state index contributed by atoms with van der Waals surface area (Å²) in [6.45, 7) is 5.10. The van der Waals surface area contributed by atoms with Crippen molar-refractivity contribution in [1.29, 1.82) is 0 Å². The number of rotatable bonds is 7. The van der Waals surface area contributed by atoms with Crippen LogP contribution in [0.4, 0.5) is 0 Å². The van der Waals surface area contributed by atoms with Crippen molar-refractivity contribution in [2.75, 3.05) is 0 Å². The van der Waals surface area contributed by atoms with Gasteiger partial charge in [0.15, 0.2) is 0 Å². The van der Waals surface area contributed by atoms with Crippen LogP contribution in [0.25, 0.3) is 15.7 Å². The molecular formula is C22H24N4O2S. The lowest BCUT2D eigenvalue weighted by atomic mass is 10.1. The van der Waals surface area contributed by atoms with E-state index < -0.39 is 0 Å². The van der Waals surface area contributed by atoms with Crippen molar-refractivity contribution in [3.8, 4) is 0 Å². The smallest absolute Gasteiger partial charge is 0.291 e. The van der Waals surface area contributed by atoms with Crippen molar-refractivity contribution in [2.24, 2.45) is 0 Å². The number of nitrogens with zero attached hydrogens (tertiary/aromatic N) is 3. The molecule has 1 N–H and O–H groups in total. The summed E-state index contributed by atoms with van der Waals surface area (Å²) in [7, 11) is 0. The number of carbonyl (C=O) groups is 1. The Morgan fingerprint density at radius 2 is 2.03 bits per heavy atom. The lowest BCUT2D eigenvalue weighted by Crippen LogP contribution is -2.26. The summed E-state index contributed by atoms with van der Waals surface area (Å²) < 4.78 is 4.42. The maximum absolute atomic E-state index is 12.8. The molecule has 0 aliphatic carbocycles. The molecule has 3 aromatic heterocycles. The van der Waals surface area contributed by atoms with Crippen LogP contribution in [-0.4, -0.2) is 20.1 Å². The van der Waals surface area contributed by atoms with E-state index in [1.165, 1.54) is 9.56 Å². The molecule has 0 fully saturated rings. The minimum absolute atomic E-state index is 0.0160. The Balaban J connectivity index is 1.38. The van der Waals surface area contributed by atoms with Gasteiger partial charge in [0.2, 0.25) is 5.91 Å². The molecule has 0 bridgehead atoms. The van der Waals surface area contributed by atoms with Gasteiger partial charge in [-0.05, 0) is 43.0 Å². The molecule has 1 amide bonds. The highest BCUT2D eigenvalue weighted by Gasteiger charge is 2.12. The first-order valence-electron chi connectivity index (χ1n) is 9.87. The SMILES string of the molecule is CCc1cc2c(cc3c(=O)n(CCCC(=O)NCc4ccccc4C)ncn32)s1. The first-order valence-corrected chi connectivity index (χ1v) is 10.7. The van der Waals surface area contributed by atoms with Crippen molar-refractivity contribution in [1.82, 2.24) is 19.5 Å². The Morgan fingerprint density at radius 3 is 2.83 bits per heavy atom. The first-order chi connectivity index (χ1) is 14.1. The molecule has 0 atom stereocenters. The molecule has 150 valence electrons. The summed E-state index contributed by atoms with van der Waals surface area (Å²) in [6, 6.07) is 12.1. The van der Waals surface area contributed by atoms with Gasteiger partial charge in [0, 0.05) is 24.4 Å². The topological polar surface area (TPSA) is 68.4 Å². The van der Waals surface area contributed by atoms with E-state index in [1.54, 1.807) is 17.7 Å². The maximum atomic E-state index is 12.8. The van der Waals surface area contributed by atoms with Gasteiger partial charge in [-0.25, -0.2) is 4.68 Å². The summed E-state index contributed by atoms with van der Waals surface area (Å²) in [5.41, 5.74) is 3.83. The van der Waals surface area contributed by atoms with Crippen LogP contribution in [0.2, 0.25) is 0 Å². The Kier molecular flexibility index (Phi) is 5.49. The number of thiophene rings is 1. The van der Waals surface area contributed by atoms with Crippen molar-refractivity contribution in [2.45, 2.75) is 46.2 Å². The zero-order valence-corrected chi connectivity index (χ0v) is 17.5. The molecular weight excluding hydrogens is 384 g/mol. The van der Waals surface area contributed by atoms with E-state index in [4.69, 9.17) is 0 Å². The van der Waals surface area contributed by atoms with Crippen LogP contribution in [0, 0.1) is 6.92 Å². The highest BCUT2D eigenvalue weighted by molar-refractivity contribution is 7.19. The van der Waals surface area contributed by atoms with Gasteiger partial charge in [-0.2, -0.15) is 5.10 Å². The van der Waals surface area contributed by atoms with E-state index in [0.29, 0.717) is 31.4 Å². The zero-order chi connectivity index (χ0) is 20.4. The number of hydrogen-bond acceptors (Lipinski definition) is 4. The van der Waals surface area contributed by atoms with Crippen LogP contribution in [-0.2, 0) is 24.3 Å². The molecule has 0 saturated carbocycles. The van der Waals surface area contributed by atoms with Gasteiger partial charge < -0.3 is 5.32 Å². The second-order valence-electron chi connectivity index (χ2n) is 7.18. The number of carbonyl (C=O) groups excluding carboxylic acids is 1. The number of amides is 1. The second-order valence-corrected chi connectivity index (χ2v) is 8.35. The quantitative estimate of drug-likeness (QED) is 0.507. The third-order valence-electron chi connectivity index (χ3n) is 5.20. The van der Waals surface area contributed by atoms with Gasteiger partial charge in [-0.1, -0.05) is 31.2 Å². The molecule has 6 nitrogen and oxygen atoms in total. The third-order valence-corrected chi connectivity index (χ3v) is 6.41. The molecule has 4 rings (SSSR count). The third kappa shape index (κ3) is 3.96. The van der Waals surface area contributed by atoms with Crippen LogP contribution >= 0.6 is 11.3 Å². The van der Waals surface area contributed by atoms with E-state index in [0.717, 1.165) is 27.8 Å². The fourth-order valence-corrected chi connectivity index (χ4v) is 4.49. The zero-order valence-electron chi connectivity index (χ0n) is 16.6. The number of aryl methyl sites for hydroxylation is 3. The van der Waals surface area contributed by atoms with Gasteiger partial charge >= 0.3 is 0 Å². The predicted molar refractivity (Wildman–Crippen MR) is 116 cm³/mol. The molecule has 0 saturated heterocycles. The number of nitrogens with one attached hydrogen (secondary N) is 1. The van der Waals surface area contributed by atoms with E-state index in [2.05, 4.69) is 23.4 Å². The van der Waals surface area contributed by atoms with Gasteiger partial charge in [0.1, 0.15) is 11.8 Å². The first kappa shape index (κ1) is 19.4. The Hall–Kier alpha value is -2.93. The standard InChI is InChI=1S/C22H24N4O2S/c1-3-17-11-18-20(29-17)12-19-22(28)26(24-14-25(18)19)10-6-9-21(27)23-13-16-8-5-4-7-15(16)2/h4-5,7-8,11-12,14H,3,6,9-10,13H2,1-2H3,(H,23,27). The van der Waals surface area contributed by atoms with Crippen LogP contribution in [0.5, 0.6) is 0 Å². The minimum Gasteiger partial charge on any atom is -0.352 e.